The van der Waals surface area contributed by atoms with E-state index in [1.54, 1.807) is 12.1 Å². The highest BCUT2D eigenvalue weighted by atomic mass is 35.5. The quantitative estimate of drug-likeness (QED) is 0.422. The Labute approximate surface area is 191 Å². The van der Waals surface area contributed by atoms with Crippen molar-refractivity contribution in [2.75, 3.05) is 5.32 Å². The molecule has 0 spiro atoms. The number of hydrogen-bond donors (Lipinski definition) is 1. The van der Waals surface area contributed by atoms with Crippen LogP contribution in [0, 0.1) is 25.2 Å². The van der Waals surface area contributed by atoms with Crippen LogP contribution < -0.4 is 5.32 Å². The number of benzene rings is 3. The predicted octanol–water partition coefficient (Wildman–Crippen LogP) is 5.86. The molecule has 4 rings (SSSR count). The van der Waals surface area contributed by atoms with Crippen LogP contribution in [0.3, 0.4) is 0 Å². The lowest BCUT2D eigenvalue weighted by atomic mass is 9.98. The van der Waals surface area contributed by atoms with Gasteiger partial charge in [-0.3, -0.25) is 4.79 Å². The van der Waals surface area contributed by atoms with Gasteiger partial charge < -0.3 is 5.32 Å². The average Bonchev–Trinajstić information content (AvgIpc) is 3.08. The third-order valence-electron chi connectivity index (χ3n) is 5.42. The number of para-hydroxylation sites is 1. The summed E-state index contributed by atoms with van der Waals surface area (Å²) in [6, 6.07) is 24.3. The number of aryl methyl sites for hydroxylation is 1. The van der Waals surface area contributed by atoms with Crippen LogP contribution in [0.15, 0.2) is 72.8 Å². The van der Waals surface area contributed by atoms with Gasteiger partial charge in [0.2, 0.25) is 0 Å². The molecule has 0 aliphatic rings. The van der Waals surface area contributed by atoms with Crippen molar-refractivity contribution in [1.29, 1.82) is 5.26 Å². The lowest BCUT2D eigenvalue weighted by molar-refractivity contribution is 0.102. The van der Waals surface area contributed by atoms with E-state index in [0.717, 1.165) is 33.9 Å². The molecule has 0 saturated carbocycles. The Bertz CT molecular complexity index is 1340. The number of nitrogens with zero attached hydrogens (tertiary/aromatic N) is 3. The molecule has 0 atom stereocenters. The standard InChI is InChI=1S/C26H21ClN4O/c1-17-24(18(2)31(30-17)22-13-12-20(16-28)25(27)15-22)14-19-8-6-7-11-23(19)26(32)29-21-9-4-3-5-10-21/h3-13,15H,14H2,1-2H3,(H,29,32). The first-order valence-corrected chi connectivity index (χ1v) is 10.5. The molecular formula is C26H21ClN4O. The van der Waals surface area contributed by atoms with Crippen molar-refractivity contribution in [2.24, 2.45) is 0 Å². The van der Waals surface area contributed by atoms with E-state index >= 15 is 0 Å². The first-order valence-electron chi connectivity index (χ1n) is 10.2. The zero-order valence-electron chi connectivity index (χ0n) is 17.8. The zero-order valence-corrected chi connectivity index (χ0v) is 18.5. The van der Waals surface area contributed by atoms with Gasteiger partial charge in [0, 0.05) is 28.9 Å². The fraction of sp³-hybridized carbons (Fsp3) is 0.115. The summed E-state index contributed by atoms with van der Waals surface area (Å²) in [4.78, 5) is 12.9. The van der Waals surface area contributed by atoms with Gasteiger partial charge in [-0.2, -0.15) is 10.4 Å². The van der Waals surface area contributed by atoms with E-state index in [2.05, 4.69) is 11.4 Å². The first-order chi connectivity index (χ1) is 15.5. The van der Waals surface area contributed by atoms with Crippen LogP contribution >= 0.6 is 11.6 Å². The van der Waals surface area contributed by atoms with Gasteiger partial charge in [-0.05, 0) is 55.8 Å². The number of rotatable bonds is 5. The Hall–Kier alpha value is -3.88. The topological polar surface area (TPSA) is 70.7 Å². The van der Waals surface area contributed by atoms with Crippen molar-refractivity contribution >= 4 is 23.2 Å². The first kappa shape index (κ1) is 21.4. The molecule has 0 saturated heterocycles. The number of carbonyl (C=O) groups excluding carboxylic acids is 1. The second-order valence-corrected chi connectivity index (χ2v) is 7.90. The van der Waals surface area contributed by atoms with E-state index in [1.165, 1.54) is 0 Å². The van der Waals surface area contributed by atoms with Gasteiger partial charge >= 0.3 is 0 Å². The minimum absolute atomic E-state index is 0.145. The second-order valence-electron chi connectivity index (χ2n) is 7.49. The van der Waals surface area contributed by atoms with Crippen LogP contribution in [-0.2, 0) is 6.42 Å². The summed E-state index contributed by atoms with van der Waals surface area (Å²) in [6.07, 6.45) is 0.570. The third-order valence-corrected chi connectivity index (χ3v) is 5.73. The van der Waals surface area contributed by atoms with E-state index < -0.39 is 0 Å². The molecule has 0 bridgehead atoms. The SMILES string of the molecule is Cc1nn(-c2ccc(C#N)c(Cl)c2)c(C)c1Cc1ccccc1C(=O)Nc1ccccc1. The molecule has 0 unspecified atom stereocenters. The van der Waals surface area contributed by atoms with Crippen LogP contribution in [0.25, 0.3) is 5.69 Å². The predicted molar refractivity (Wildman–Crippen MR) is 126 cm³/mol. The molecule has 1 aromatic heterocycles. The van der Waals surface area contributed by atoms with Crippen LogP contribution in [0.1, 0.15) is 38.4 Å². The monoisotopic (exact) mass is 440 g/mol. The van der Waals surface area contributed by atoms with Crippen LogP contribution in [0.2, 0.25) is 5.02 Å². The molecule has 0 aliphatic carbocycles. The summed E-state index contributed by atoms with van der Waals surface area (Å²) in [7, 11) is 0. The number of amides is 1. The van der Waals surface area contributed by atoms with Gasteiger partial charge in [0.25, 0.3) is 5.91 Å². The summed E-state index contributed by atoms with van der Waals surface area (Å²) in [5.74, 6) is -0.145. The zero-order chi connectivity index (χ0) is 22.7. The molecule has 4 aromatic rings. The number of anilines is 1. The Morgan fingerprint density at radius 3 is 2.50 bits per heavy atom. The molecule has 32 heavy (non-hydrogen) atoms. The molecule has 1 N–H and O–H groups in total. The molecule has 0 radical (unpaired) electrons. The van der Waals surface area contributed by atoms with E-state index in [4.69, 9.17) is 22.0 Å². The highest BCUT2D eigenvalue weighted by molar-refractivity contribution is 6.31. The lowest BCUT2D eigenvalue weighted by Crippen LogP contribution is -2.14. The minimum Gasteiger partial charge on any atom is -0.322 e. The van der Waals surface area contributed by atoms with Crippen molar-refractivity contribution in [3.63, 3.8) is 0 Å². The summed E-state index contributed by atoms with van der Waals surface area (Å²) >= 11 is 6.22. The van der Waals surface area contributed by atoms with Gasteiger partial charge in [0.15, 0.2) is 0 Å². The normalized spacial score (nSPS) is 10.6. The Balaban J connectivity index is 1.65. The van der Waals surface area contributed by atoms with Crippen molar-refractivity contribution in [2.45, 2.75) is 20.3 Å². The molecule has 0 aliphatic heterocycles. The second kappa shape index (κ2) is 9.09. The molecule has 158 valence electrons. The van der Waals surface area contributed by atoms with Crippen LogP contribution in [0.4, 0.5) is 5.69 Å². The molecule has 5 nitrogen and oxygen atoms in total. The van der Waals surface area contributed by atoms with Crippen molar-refractivity contribution in [3.05, 3.63) is 111 Å². The van der Waals surface area contributed by atoms with E-state index in [9.17, 15) is 4.79 Å². The summed E-state index contributed by atoms with van der Waals surface area (Å²) < 4.78 is 1.82. The number of carbonyl (C=O) groups is 1. The van der Waals surface area contributed by atoms with Crippen LogP contribution in [0.5, 0.6) is 0 Å². The lowest BCUT2D eigenvalue weighted by Gasteiger charge is -2.11. The summed E-state index contributed by atoms with van der Waals surface area (Å²) in [5.41, 5.74) is 6.40. The number of halogens is 1. The third kappa shape index (κ3) is 4.27. The van der Waals surface area contributed by atoms with Gasteiger partial charge in [0.1, 0.15) is 6.07 Å². The minimum atomic E-state index is -0.145. The highest BCUT2D eigenvalue weighted by Crippen LogP contribution is 2.25. The van der Waals surface area contributed by atoms with Gasteiger partial charge in [0.05, 0.1) is 22.0 Å². The largest absolute Gasteiger partial charge is 0.322 e. The fourth-order valence-corrected chi connectivity index (χ4v) is 3.93. The van der Waals surface area contributed by atoms with Crippen LogP contribution in [-0.4, -0.2) is 15.7 Å². The van der Waals surface area contributed by atoms with Crippen molar-refractivity contribution in [3.8, 4) is 11.8 Å². The Morgan fingerprint density at radius 1 is 1.06 bits per heavy atom. The smallest absolute Gasteiger partial charge is 0.255 e. The average molecular weight is 441 g/mol. The number of hydrogen-bond acceptors (Lipinski definition) is 3. The van der Waals surface area contributed by atoms with Gasteiger partial charge in [-0.25, -0.2) is 4.68 Å². The van der Waals surface area contributed by atoms with E-state index in [-0.39, 0.29) is 5.91 Å². The maximum Gasteiger partial charge on any atom is 0.255 e. The molecular weight excluding hydrogens is 420 g/mol. The Kier molecular flexibility index (Phi) is 6.07. The molecule has 6 heteroatoms. The fourth-order valence-electron chi connectivity index (χ4n) is 3.71. The molecule has 3 aromatic carbocycles. The molecule has 1 amide bonds. The Morgan fingerprint density at radius 2 is 1.78 bits per heavy atom. The highest BCUT2D eigenvalue weighted by Gasteiger charge is 2.18. The molecule has 1 heterocycles. The van der Waals surface area contributed by atoms with E-state index in [1.807, 2.05) is 79.2 Å². The van der Waals surface area contributed by atoms with Gasteiger partial charge in [-0.1, -0.05) is 48.0 Å². The summed E-state index contributed by atoms with van der Waals surface area (Å²) in [5, 5.41) is 17.2. The molecule has 0 fully saturated rings. The summed E-state index contributed by atoms with van der Waals surface area (Å²) in [6.45, 7) is 3.95. The van der Waals surface area contributed by atoms with Crippen molar-refractivity contribution < 1.29 is 4.79 Å². The number of aromatic nitrogens is 2. The number of nitriles is 1. The van der Waals surface area contributed by atoms with Gasteiger partial charge in [-0.15, -0.1) is 0 Å². The number of nitrogens with one attached hydrogen (secondary N) is 1. The van der Waals surface area contributed by atoms with E-state index in [0.29, 0.717) is 22.6 Å². The maximum atomic E-state index is 12.9. The maximum absolute atomic E-state index is 12.9. The van der Waals surface area contributed by atoms with Crippen molar-refractivity contribution in [1.82, 2.24) is 9.78 Å².